The smallest absolute Gasteiger partial charge is 0.255 e. The third-order valence-electron chi connectivity index (χ3n) is 4.03. The van der Waals surface area contributed by atoms with Gasteiger partial charge < -0.3 is 15.3 Å². The summed E-state index contributed by atoms with van der Waals surface area (Å²) in [6.07, 6.45) is 4.25. The van der Waals surface area contributed by atoms with Crippen LogP contribution in [0.3, 0.4) is 0 Å². The summed E-state index contributed by atoms with van der Waals surface area (Å²) in [6, 6.07) is 9.27. The molecule has 1 fully saturated rings. The van der Waals surface area contributed by atoms with Crippen molar-refractivity contribution in [2.45, 2.75) is 25.9 Å². The topological polar surface area (TPSA) is 82.5 Å². The molecule has 0 saturated carbocycles. The van der Waals surface area contributed by atoms with Gasteiger partial charge in [-0.1, -0.05) is 24.3 Å². The van der Waals surface area contributed by atoms with Gasteiger partial charge in [-0.05, 0) is 23.6 Å². The number of hydrogen-bond acceptors (Lipinski definition) is 4. The number of benzene rings is 1. The lowest BCUT2D eigenvalue weighted by atomic mass is 10.1. The van der Waals surface area contributed by atoms with Crippen LogP contribution >= 0.6 is 0 Å². The van der Waals surface area contributed by atoms with Crippen LogP contribution in [0.1, 0.15) is 34.3 Å². The fourth-order valence-corrected chi connectivity index (χ4v) is 2.79. The van der Waals surface area contributed by atoms with E-state index in [1.165, 1.54) is 18.5 Å². The number of carbonyl (C=O) groups is 2. The molecule has 2 heterocycles. The molecule has 2 N–H and O–H groups in total. The van der Waals surface area contributed by atoms with E-state index in [-0.39, 0.29) is 23.1 Å². The number of aromatic nitrogens is 1. The molecule has 2 amide bonds. The van der Waals surface area contributed by atoms with E-state index in [9.17, 15) is 14.7 Å². The summed E-state index contributed by atoms with van der Waals surface area (Å²) >= 11 is 0. The number of carbonyl (C=O) groups excluding carboxylic acids is 2. The highest BCUT2D eigenvalue weighted by molar-refractivity contribution is 5.96. The van der Waals surface area contributed by atoms with Gasteiger partial charge in [0.1, 0.15) is 5.75 Å². The second-order valence-electron chi connectivity index (χ2n) is 5.81. The van der Waals surface area contributed by atoms with Gasteiger partial charge in [-0.2, -0.15) is 0 Å². The standard InChI is InChI=1S/C18H19N3O3/c22-16-11-19-7-6-15(16)18(24)20-10-13-3-1-4-14(9-13)12-21-8-2-5-17(21)23/h1,3-4,6-7,9,11,22H,2,5,8,10,12H2,(H,20,24). The molecule has 0 atom stereocenters. The van der Waals surface area contributed by atoms with Crippen molar-refractivity contribution in [3.05, 3.63) is 59.4 Å². The number of aromatic hydroxyl groups is 1. The van der Waals surface area contributed by atoms with Gasteiger partial charge >= 0.3 is 0 Å². The Morgan fingerprint density at radius 1 is 1.29 bits per heavy atom. The van der Waals surface area contributed by atoms with E-state index in [0.717, 1.165) is 24.1 Å². The van der Waals surface area contributed by atoms with Crippen LogP contribution in [0.15, 0.2) is 42.7 Å². The SMILES string of the molecule is O=C(NCc1cccc(CN2CCCC2=O)c1)c1ccncc1O. The minimum absolute atomic E-state index is 0.142. The predicted molar refractivity (Wildman–Crippen MR) is 88.2 cm³/mol. The second kappa shape index (κ2) is 7.12. The molecule has 2 aromatic rings. The van der Waals surface area contributed by atoms with Crippen LogP contribution in [-0.4, -0.2) is 33.3 Å². The predicted octanol–water partition coefficient (Wildman–Crippen LogP) is 1.84. The number of likely N-dealkylation sites (tertiary alicyclic amines) is 1. The van der Waals surface area contributed by atoms with Crippen LogP contribution in [0.25, 0.3) is 0 Å². The highest BCUT2D eigenvalue weighted by Crippen LogP contribution is 2.16. The summed E-state index contributed by atoms with van der Waals surface area (Å²) in [4.78, 5) is 29.4. The Labute approximate surface area is 140 Å². The Morgan fingerprint density at radius 2 is 2.12 bits per heavy atom. The molecule has 1 saturated heterocycles. The number of rotatable bonds is 5. The molecule has 6 heteroatoms. The van der Waals surface area contributed by atoms with Gasteiger partial charge in [0.05, 0.1) is 11.8 Å². The minimum atomic E-state index is -0.352. The van der Waals surface area contributed by atoms with Crippen molar-refractivity contribution in [1.82, 2.24) is 15.2 Å². The Morgan fingerprint density at radius 3 is 2.88 bits per heavy atom. The quantitative estimate of drug-likeness (QED) is 0.879. The maximum atomic E-state index is 12.1. The van der Waals surface area contributed by atoms with Gasteiger partial charge in [0, 0.05) is 32.3 Å². The van der Waals surface area contributed by atoms with E-state index in [4.69, 9.17) is 0 Å². The van der Waals surface area contributed by atoms with Gasteiger partial charge in [-0.15, -0.1) is 0 Å². The zero-order valence-corrected chi connectivity index (χ0v) is 13.2. The number of pyridine rings is 1. The number of nitrogens with one attached hydrogen (secondary N) is 1. The molecule has 1 aromatic heterocycles. The summed E-state index contributed by atoms with van der Waals surface area (Å²) in [5.41, 5.74) is 2.19. The highest BCUT2D eigenvalue weighted by atomic mass is 16.3. The molecule has 0 unspecified atom stereocenters. The van der Waals surface area contributed by atoms with Crippen LogP contribution in [0, 0.1) is 0 Å². The molecule has 1 aliphatic rings. The first-order valence-electron chi connectivity index (χ1n) is 7.90. The maximum Gasteiger partial charge on any atom is 0.255 e. The summed E-state index contributed by atoms with van der Waals surface area (Å²) < 4.78 is 0. The number of amides is 2. The molecule has 1 aromatic carbocycles. The Hall–Kier alpha value is -2.89. The summed E-state index contributed by atoms with van der Waals surface area (Å²) in [7, 11) is 0. The fourth-order valence-electron chi connectivity index (χ4n) is 2.79. The zero-order valence-electron chi connectivity index (χ0n) is 13.2. The molecule has 6 nitrogen and oxygen atoms in total. The van der Waals surface area contributed by atoms with Crippen molar-refractivity contribution in [3.63, 3.8) is 0 Å². The summed E-state index contributed by atoms with van der Waals surface area (Å²) in [5.74, 6) is -0.298. The summed E-state index contributed by atoms with van der Waals surface area (Å²) in [6.45, 7) is 1.76. The lowest BCUT2D eigenvalue weighted by Gasteiger charge is -2.16. The van der Waals surface area contributed by atoms with Crippen LogP contribution in [-0.2, 0) is 17.9 Å². The van der Waals surface area contributed by atoms with Gasteiger partial charge in [0.15, 0.2) is 0 Å². The van der Waals surface area contributed by atoms with Crippen molar-refractivity contribution < 1.29 is 14.7 Å². The van der Waals surface area contributed by atoms with Crippen molar-refractivity contribution in [3.8, 4) is 5.75 Å². The van der Waals surface area contributed by atoms with E-state index < -0.39 is 0 Å². The molecule has 3 rings (SSSR count). The molecule has 1 aliphatic heterocycles. The van der Waals surface area contributed by atoms with Gasteiger partial charge in [0.2, 0.25) is 5.91 Å². The number of nitrogens with zero attached hydrogens (tertiary/aromatic N) is 2. The normalized spacial score (nSPS) is 14.0. The van der Waals surface area contributed by atoms with Crippen molar-refractivity contribution in [2.24, 2.45) is 0 Å². The van der Waals surface area contributed by atoms with Gasteiger partial charge in [0.25, 0.3) is 5.91 Å². The van der Waals surface area contributed by atoms with Crippen molar-refractivity contribution in [2.75, 3.05) is 6.54 Å². The average Bonchev–Trinajstić information content (AvgIpc) is 2.98. The van der Waals surface area contributed by atoms with E-state index in [1.807, 2.05) is 29.2 Å². The van der Waals surface area contributed by atoms with Crippen molar-refractivity contribution >= 4 is 11.8 Å². The third-order valence-corrected chi connectivity index (χ3v) is 4.03. The largest absolute Gasteiger partial charge is 0.505 e. The maximum absolute atomic E-state index is 12.1. The Bertz CT molecular complexity index is 761. The lowest BCUT2D eigenvalue weighted by Crippen LogP contribution is -2.24. The van der Waals surface area contributed by atoms with E-state index in [1.54, 1.807) is 0 Å². The third kappa shape index (κ3) is 3.71. The molecule has 0 spiro atoms. The monoisotopic (exact) mass is 325 g/mol. The van der Waals surface area contributed by atoms with E-state index >= 15 is 0 Å². The van der Waals surface area contributed by atoms with Crippen LogP contribution < -0.4 is 5.32 Å². The number of hydrogen-bond donors (Lipinski definition) is 2. The average molecular weight is 325 g/mol. The molecule has 0 bridgehead atoms. The van der Waals surface area contributed by atoms with Crippen LogP contribution in [0.5, 0.6) is 5.75 Å². The first kappa shape index (κ1) is 16.0. The van der Waals surface area contributed by atoms with Crippen molar-refractivity contribution in [1.29, 1.82) is 0 Å². The fraction of sp³-hybridized carbons (Fsp3) is 0.278. The molecule has 124 valence electrons. The molecule has 24 heavy (non-hydrogen) atoms. The first-order chi connectivity index (χ1) is 11.6. The molecular formula is C18H19N3O3. The second-order valence-corrected chi connectivity index (χ2v) is 5.81. The van der Waals surface area contributed by atoms with Crippen LogP contribution in [0.2, 0.25) is 0 Å². The van der Waals surface area contributed by atoms with Gasteiger partial charge in [-0.3, -0.25) is 14.6 Å². The van der Waals surface area contributed by atoms with E-state index in [0.29, 0.717) is 19.5 Å². The van der Waals surface area contributed by atoms with Crippen LogP contribution in [0.4, 0.5) is 0 Å². The molecule has 0 radical (unpaired) electrons. The van der Waals surface area contributed by atoms with Gasteiger partial charge in [-0.25, -0.2) is 0 Å². The first-order valence-corrected chi connectivity index (χ1v) is 7.90. The molecule has 0 aliphatic carbocycles. The Kier molecular flexibility index (Phi) is 4.74. The minimum Gasteiger partial charge on any atom is -0.505 e. The summed E-state index contributed by atoms with van der Waals surface area (Å²) in [5, 5.41) is 12.4. The highest BCUT2D eigenvalue weighted by Gasteiger charge is 2.20. The Balaban J connectivity index is 1.61. The lowest BCUT2D eigenvalue weighted by molar-refractivity contribution is -0.128. The zero-order chi connectivity index (χ0) is 16.9. The molecular weight excluding hydrogens is 306 g/mol. The van der Waals surface area contributed by atoms with E-state index in [2.05, 4.69) is 10.3 Å².